The second-order valence-electron chi connectivity index (χ2n) is 5.09. The van der Waals surface area contributed by atoms with Crippen LogP contribution in [0.2, 0.25) is 5.02 Å². The number of hydrogen-bond donors (Lipinski definition) is 2. The van der Waals surface area contributed by atoms with E-state index >= 15 is 0 Å². The van der Waals surface area contributed by atoms with Gasteiger partial charge in [0, 0.05) is 5.92 Å². The number of aromatic carboxylic acids is 1. The van der Waals surface area contributed by atoms with Crippen molar-refractivity contribution in [3.63, 3.8) is 0 Å². The Kier molecular flexibility index (Phi) is 3.47. The number of carboxylic acids is 1. The van der Waals surface area contributed by atoms with Crippen LogP contribution in [0.5, 0.6) is 0 Å². The number of halogens is 1. The van der Waals surface area contributed by atoms with E-state index in [0.29, 0.717) is 11.4 Å². The number of primary sulfonamides is 1. The maximum atomic E-state index is 11.5. The third-order valence-electron chi connectivity index (χ3n) is 3.48. The van der Waals surface area contributed by atoms with E-state index in [4.69, 9.17) is 16.7 Å². The van der Waals surface area contributed by atoms with Crippen molar-refractivity contribution in [1.29, 1.82) is 0 Å². The molecule has 3 rings (SSSR count). The summed E-state index contributed by atoms with van der Waals surface area (Å²) in [6, 6.07) is 3.98. The highest BCUT2D eigenvalue weighted by Gasteiger charge is 2.33. The summed E-state index contributed by atoms with van der Waals surface area (Å²) in [7, 11) is -3.89. The number of nitrogens with two attached hydrogens (primary N) is 1. The number of nitrogens with zero attached hydrogens (tertiary/aromatic N) is 2. The second kappa shape index (κ2) is 5.08. The Morgan fingerprint density at radius 2 is 2.09 bits per heavy atom. The summed E-state index contributed by atoms with van der Waals surface area (Å²) in [6.45, 7) is 0. The molecular weight excluding hydrogens is 330 g/mol. The highest BCUT2D eigenvalue weighted by atomic mass is 35.5. The number of carboxylic acid groups (broad SMARTS) is 1. The Morgan fingerprint density at radius 1 is 1.41 bits per heavy atom. The molecule has 0 saturated heterocycles. The number of sulfonamides is 1. The molecule has 0 radical (unpaired) electrons. The van der Waals surface area contributed by atoms with E-state index in [1.807, 2.05) is 0 Å². The predicted octanol–water partition coefficient (Wildman–Crippen LogP) is 1.75. The van der Waals surface area contributed by atoms with Gasteiger partial charge in [0.05, 0.1) is 27.5 Å². The van der Waals surface area contributed by atoms with Gasteiger partial charge in [0.2, 0.25) is 10.0 Å². The lowest BCUT2D eigenvalue weighted by Crippen LogP contribution is -2.13. The van der Waals surface area contributed by atoms with Crippen LogP contribution in [-0.2, 0) is 10.0 Å². The number of benzene rings is 1. The van der Waals surface area contributed by atoms with Crippen molar-refractivity contribution in [3.8, 4) is 5.69 Å². The average molecular weight is 342 g/mol. The second-order valence-corrected chi connectivity index (χ2v) is 7.06. The van der Waals surface area contributed by atoms with E-state index in [0.717, 1.165) is 12.8 Å². The minimum Gasteiger partial charge on any atom is -0.478 e. The molecule has 0 aliphatic heterocycles. The van der Waals surface area contributed by atoms with Gasteiger partial charge in [0.15, 0.2) is 0 Å². The minimum atomic E-state index is -3.89. The van der Waals surface area contributed by atoms with Crippen LogP contribution in [0, 0.1) is 0 Å². The third kappa shape index (κ3) is 2.60. The Labute approximate surface area is 131 Å². The zero-order chi connectivity index (χ0) is 16.1. The topological polar surface area (TPSA) is 115 Å². The van der Waals surface area contributed by atoms with Gasteiger partial charge < -0.3 is 5.11 Å². The van der Waals surface area contributed by atoms with Gasteiger partial charge in [-0.15, -0.1) is 0 Å². The molecular formula is C13H12ClN3O4S. The first kappa shape index (κ1) is 15.0. The average Bonchev–Trinajstić information content (AvgIpc) is 3.16. The fraction of sp³-hybridized carbons (Fsp3) is 0.231. The van der Waals surface area contributed by atoms with Gasteiger partial charge in [-0.1, -0.05) is 11.6 Å². The van der Waals surface area contributed by atoms with Crippen LogP contribution in [0.4, 0.5) is 0 Å². The van der Waals surface area contributed by atoms with Crippen LogP contribution in [0.3, 0.4) is 0 Å². The zero-order valence-electron chi connectivity index (χ0n) is 11.2. The smallest absolute Gasteiger partial charge is 0.339 e. The third-order valence-corrected chi connectivity index (χ3v) is 4.71. The molecule has 0 spiro atoms. The lowest BCUT2D eigenvalue weighted by atomic mass is 10.1. The molecule has 22 heavy (non-hydrogen) atoms. The maximum Gasteiger partial charge on any atom is 0.339 e. The quantitative estimate of drug-likeness (QED) is 0.878. The highest BCUT2D eigenvalue weighted by molar-refractivity contribution is 7.89. The standard InChI is InChI=1S/C13H12ClN3O4S/c14-10-4-3-8(22(15,20)21)5-11(10)17-12(7-1-2-7)9(6-16-17)13(18)19/h3-7H,1-2H2,(H,18,19)(H2,15,20,21). The van der Waals surface area contributed by atoms with E-state index in [9.17, 15) is 18.3 Å². The Balaban J connectivity index is 2.22. The summed E-state index contributed by atoms with van der Waals surface area (Å²) < 4.78 is 24.4. The van der Waals surface area contributed by atoms with Crippen molar-refractivity contribution in [3.05, 3.63) is 40.7 Å². The molecule has 0 unspecified atom stereocenters. The SMILES string of the molecule is NS(=O)(=O)c1ccc(Cl)c(-n2ncc(C(=O)O)c2C2CC2)c1. The van der Waals surface area contributed by atoms with Gasteiger partial charge in [-0.2, -0.15) is 5.10 Å². The molecule has 1 aliphatic rings. The van der Waals surface area contributed by atoms with Gasteiger partial charge in [-0.3, -0.25) is 0 Å². The van der Waals surface area contributed by atoms with E-state index in [-0.39, 0.29) is 21.4 Å². The maximum absolute atomic E-state index is 11.5. The van der Waals surface area contributed by atoms with E-state index in [1.165, 1.54) is 29.1 Å². The molecule has 1 saturated carbocycles. The van der Waals surface area contributed by atoms with Crippen LogP contribution >= 0.6 is 11.6 Å². The fourth-order valence-corrected chi connectivity index (χ4v) is 3.03. The van der Waals surface area contributed by atoms with Crippen molar-refractivity contribution in [2.45, 2.75) is 23.7 Å². The molecule has 7 nitrogen and oxygen atoms in total. The fourth-order valence-electron chi connectivity index (χ4n) is 2.30. The first-order valence-electron chi connectivity index (χ1n) is 6.43. The van der Waals surface area contributed by atoms with Crippen LogP contribution < -0.4 is 5.14 Å². The minimum absolute atomic E-state index is 0.0859. The number of aromatic nitrogens is 2. The van der Waals surface area contributed by atoms with Crippen molar-refractivity contribution in [2.75, 3.05) is 0 Å². The summed E-state index contributed by atoms with van der Waals surface area (Å²) >= 11 is 6.12. The molecule has 1 heterocycles. The largest absolute Gasteiger partial charge is 0.478 e. The lowest BCUT2D eigenvalue weighted by Gasteiger charge is -2.11. The molecule has 1 aromatic carbocycles. The van der Waals surface area contributed by atoms with Crippen molar-refractivity contribution in [2.24, 2.45) is 5.14 Å². The van der Waals surface area contributed by atoms with Crippen LogP contribution in [-0.4, -0.2) is 29.3 Å². The Bertz CT molecular complexity index is 871. The van der Waals surface area contributed by atoms with Crippen molar-refractivity contribution < 1.29 is 18.3 Å². The van der Waals surface area contributed by atoms with Crippen molar-refractivity contribution >= 4 is 27.6 Å². The van der Waals surface area contributed by atoms with E-state index in [2.05, 4.69) is 5.10 Å². The number of hydrogen-bond acceptors (Lipinski definition) is 4. The molecule has 1 aliphatic carbocycles. The number of carbonyl (C=O) groups is 1. The molecule has 3 N–H and O–H groups in total. The van der Waals surface area contributed by atoms with Crippen LogP contribution in [0.15, 0.2) is 29.3 Å². The molecule has 116 valence electrons. The first-order chi connectivity index (χ1) is 10.3. The number of rotatable bonds is 4. The van der Waals surface area contributed by atoms with Gasteiger partial charge in [-0.25, -0.2) is 23.0 Å². The molecule has 2 aromatic rings. The first-order valence-corrected chi connectivity index (χ1v) is 8.35. The summed E-state index contributed by atoms with van der Waals surface area (Å²) in [6.07, 6.45) is 2.97. The molecule has 1 aromatic heterocycles. The summed E-state index contributed by atoms with van der Waals surface area (Å²) in [5.41, 5.74) is 0.920. The van der Waals surface area contributed by atoms with Crippen LogP contribution in [0.25, 0.3) is 5.69 Å². The molecule has 1 fully saturated rings. The van der Waals surface area contributed by atoms with Gasteiger partial charge in [0.25, 0.3) is 0 Å². The Hall–Kier alpha value is -1.90. The predicted molar refractivity (Wildman–Crippen MR) is 78.9 cm³/mol. The molecule has 0 bridgehead atoms. The Morgan fingerprint density at radius 3 is 2.64 bits per heavy atom. The lowest BCUT2D eigenvalue weighted by molar-refractivity contribution is 0.0695. The highest BCUT2D eigenvalue weighted by Crippen LogP contribution is 2.43. The van der Waals surface area contributed by atoms with Gasteiger partial charge in [0.1, 0.15) is 5.56 Å². The molecule has 0 atom stereocenters. The van der Waals surface area contributed by atoms with Gasteiger partial charge >= 0.3 is 5.97 Å². The molecule has 9 heteroatoms. The summed E-state index contributed by atoms with van der Waals surface area (Å²) in [4.78, 5) is 11.2. The monoisotopic (exact) mass is 341 g/mol. The zero-order valence-corrected chi connectivity index (χ0v) is 12.8. The van der Waals surface area contributed by atoms with Gasteiger partial charge in [-0.05, 0) is 31.0 Å². The summed E-state index contributed by atoms with van der Waals surface area (Å²) in [5.74, 6) is -0.991. The van der Waals surface area contributed by atoms with E-state index in [1.54, 1.807) is 0 Å². The normalized spacial score (nSPS) is 15.0. The van der Waals surface area contributed by atoms with Crippen molar-refractivity contribution in [1.82, 2.24) is 9.78 Å². The summed E-state index contributed by atoms with van der Waals surface area (Å²) in [5, 5.41) is 18.7. The van der Waals surface area contributed by atoms with E-state index < -0.39 is 16.0 Å². The van der Waals surface area contributed by atoms with Crippen LogP contribution in [0.1, 0.15) is 34.8 Å². The molecule has 0 amide bonds.